The van der Waals surface area contributed by atoms with Gasteiger partial charge < -0.3 is 11.1 Å². The number of rotatable bonds is 3. The summed E-state index contributed by atoms with van der Waals surface area (Å²) >= 11 is 4.84. The van der Waals surface area contributed by atoms with E-state index in [1.165, 1.54) is 0 Å². The second-order valence-corrected chi connectivity index (χ2v) is 5.50. The zero-order chi connectivity index (χ0) is 14.8. The minimum Gasteiger partial charge on any atom is -0.389 e. The van der Waals surface area contributed by atoms with E-state index in [1.54, 1.807) is 24.3 Å². The van der Waals surface area contributed by atoms with Gasteiger partial charge in [-0.15, -0.1) is 0 Å². The monoisotopic (exact) mass is 298 g/mol. The second kappa shape index (κ2) is 5.83. The van der Waals surface area contributed by atoms with Crippen LogP contribution in [0, 0.1) is 5.92 Å². The minimum atomic E-state index is -2.62. The molecule has 1 aromatic carbocycles. The molecule has 0 atom stereocenters. The summed E-state index contributed by atoms with van der Waals surface area (Å²) in [6, 6.07) is 6.83. The van der Waals surface area contributed by atoms with Gasteiger partial charge in [-0.2, -0.15) is 0 Å². The van der Waals surface area contributed by atoms with Gasteiger partial charge in [0.25, 0.3) is 0 Å². The molecule has 20 heavy (non-hydrogen) atoms. The van der Waals surface area contributed by atoms with Gasteiger partial charge in [0, 0.05) is 30.0 Å². The summed E-state index contributed by atoms with van der Waals surface area (Å²) in [5, 5.41) is 2.74. The van der Waals surface area contributed by atoms with Crippen molar-refractivity contribution in [2.24, 2.45) is 11.7 Å². The van der Waals surface area contributed by atoms with E-state index in [0.717, 1.165) is 5.56 Å². The highest BCUT2D eigenvalue weighted by Crippen LogP contribution is 2.36. The minimum absolute atomic E-state index is 0.205. The Hall–Kier alpha value is -1.56. The molecule has 0 aromatic heterocycles. The third kappa shape index (κ3) is 3.72. The number of hydrogen-bond donors (Lipinski definition) is 2. The number of nitrogens with two attached hydrogens (primary N) is 1. The van der Waals surface area contributed by atoms with Gasteiger partial charge in [0.05, 0.1) is 0 Å². The smallest absolute Gasteiger partial charge is 0.248 e. The standard InChI is InChI=1S/C14H16F2N2OS/c15-14(16)7-5-10(6-8-14)13(19)18-11-3-1-9(2-4-11)12(17)20/h1-4,10H,5-8H2,(H2,17,20)(H,18,19). The fraction of sp³-hybridized carbons (Fsp3) is 0.429. The molecule has 1 fully saturated rings. The highest BCUT2D eigenvalue weighted by Gasteiger charge is 2.37. The van der Waals surface area contributed by atoms with Gasteiger partial charge in [-0.3, -0.25) is 4.79 Å². The Balaban J connectivity index is 1.93. The predicted molar refractivity (Wildman–Crippen MR) is 77.9 cm³/mol. The number of nitrogens with one attached hydrogen (secondary N) is 1. The van der Waals surface area contributed by atoms with E-state index in [0.29, 0.717) is 5.69 Å². The number of carbonyl (C=O) groups excluding carboxylic acids is 1. The third-order valence-electron chi connectivity index (χ3n) is 3.52. The number of anilines is 1. The van der Waals surface area contributed by atoms with Crippen molar-refractivity contribution in [1.29, 1.82) is 0 Å². The van der Waals surface area contributed by atoms with Crippen molar-refractivity contribution >= 4 is 28.8 Å². The van der Waals surface area contributed by atoms with Crippen molar-refractivity contribution in [2.75, 3.05) is 5.32 Å². The SMILES string of the molecule is NC(=S)c1ccc(NC(=O)C2CCC(F)(F)CC2)cc1. The van der Waals surface area contributed by atoms with Crippen molar-refractivity contribution in [3.63, 3.8) is 0 Å². The van der Waals surface area contributed by atoms with E-state index < -0.39 is 5.92 Å². The highest BCUT2D eigenvalue weighted by atomic mass is 32.1. The fourth-order valence-corrected chi connectivity index (χ4v) is 2.40. The first-order valence-electron chi connectivity index (χ1n) is 6.46. The van der Waals surface area contributed by atoms with Crippen molar-refractivity contribution in [3.05, 3.63) is 29.8 Å². The van der Waals surface area contributed by atoms with Gasteiger partial charge in [0.1, 0.15) is 4.99 Å². The van der Waals surface area contributed by atoms with Crippen LogP contribution in [0.2, 0.25) is 0 Å². The van der Waals surface area contributed by atoms with Gasteiger partial charge in [-0.25, -0.2) is 8.78 Å². The number of benzene rings is 1. The molecule has 108 valence electrons. The number of carbonyl (C=O) groups is 1. The number of amides is 1. The first-order valence-corrected chi connectivity index (χ1v) is 6.87. The summed E-state index contributed by atoms with van der Waals surface area (Å²) in [7, 11) is 0. The number of hydrogen-bond acceptors (Lipinski definition) is 2. The van der Waals surface area contributed by atoms with Crippen LogP contribution in [-0.4, -0.2) is 16.8 Å². The van der Waals surface area contributed by atoms with Crippen molar-refractivity contribution < 1.29 is 13.6 Å². The zero-order valence-electron chi connectivity index (χ0n) is 10.9. The molecule has 0 saturated heterocycles. The molecule has 1 saturated carbocycles. The third-order valence-corrected chi connectivity index (χ3v) is 3.76. The molecule has 0 unspecified atom stereocenters. The number of halogens is 2. The van der Waals surface area contributed by atoms with Crippen LogP contribution in [0.25, 0.3) is 0 Å². The zero-order valence-corrected chi connectivity index (χ0v) is 11.7. The molecule has 1 aromatic rings. The predicted octanol–water partition coefficient (Wildman–Crippen LogP) is 3.08. The Bertz CT molecular complexity index is 506. The van der Waals surface area contributed by atoms with Crippen LogP contribution in [0.15, 0.2) is 24.3 Å². The molecular formula is C14H16F2N2OS. The van der Waals surface area contributed by atoms with Crippen LogP contribution >= 0.6 is 12.2 Å². The number of thiocarbonyl (C=S) groups is 1. The summed E-state index contributed by atoms with van der Waals surface area (Å²) in [4.78, 5) is 12.3. The molecule has 1 aliphatic rings. The lowest BCUT2D eigenvalue weighted by Crippen LogP contribution is -2.31. The van der Waals surface area contributed by atoms with E-state index in [9.17, 15) is 13.6 Å². The second-order valence-electron chi connectivity index (χ2n) is 5.06. The Kier molecular flexibility index (Phi) is 4.32. The molecule has 2 rings (SSSR count). The molecule has 0 heterocycles. The van der Waals surface area contributed by atoms with Gasteiger partial charge in [-0.1, -0.05) is 12.2 Å². The Morgan fingerprint density at radius 2 is 1.80 bits per heavy atom. The van der Waals surface area contributed by atoms with Crippen LogP contribution < -0.4 is 11.1 Å². The van der Waals surface area contributed by atoms with E-state index in [1.807, 2.05) is 0 Å². The Morgan fingerprint density at radius 3 is 2.30 bits per heavy atom. The number of alkyl halides is 2. The van der Waals surface area contributed by atoms with E-state index in [2.05, 4.69) is 5.32 Å². The lowest BCUT2D eigenvalue weighted by atomic mass is 9.86. The first-order chi connectivity index (χ1) is 9.37. The Morgan fingerprint density at radius 1 is 1.25 bits per heavy atom. The normalized spacial score (nSPS) is 18.5. The van der Waals surface area contributed by atoms with Crippen molar-refractivity contribution in [3.8, 4) is 0 Å². The molecular weight excluding hydrogens is 282 g/mol. The van der Waals surface area contributed by atoms with E-state index in [4.69, 9.17) is 18.0 Å². The van der Waals surface area contributed by atoms with Crippen LogP contribution in [0.3, 0.4) is 0 Å². The molecule has 0 radical (unpaired) electrons. The van der Waals surface area contributed by atoms with Crippen molar-refractivity contribution in [2.45, 2.75) is 31.6 Å². The average Bonchev–Trinajstić information content (AvgIpc) is 2.39. The lowest BCUT2D eigenvalue weighted by molar-refractivity contribution is -0.124. The molecule has 6 heteroatoms. The van der Waals surface area contributed by atoms with Crippen LogP contribution in [0.4, 0.5) is 14.5 Å². The average molecular weight is 298 g/mol. The molecule has 3 nitrogen and oxygen atoms in total. The largest absolute Gasteiger partial charge is 0.389 e. The maximum Gasteiger partial charge on any atom is 0.248 e. The maximum atomic E-state index is 13.0. The summed E-state index contributed by atoms with van der Waals surface area (Å²) in [6.45, 7) is 0. The first kappa shape index (κ1) is 14.8. The van der Waals surface area contributed by atoms with Crippen LogP contribution in [0.5, 0.6) is 0 Å². The van der Waals surface area contributed by atoms with Crippen LogP contribution in [0.1, 0.15) is 31.2 Å². The molecule has 0 spiro atoms. The highest BCUT2D eigenvalue weighted by molar-refractivity contribution is 7.80. The summed E-state index contributed by atoms with van der Waals surface area (Å²) in [6.07, 6.45) is 0.0184. The molecule has 0 bridgehead atoms. The van der Waals surface area contributed by atoms with Gasteiger partial charge in [0.2, 0.25) is 11.8 Å². The quantitative estimate of drug-likeness (QED) is 0.843. The maximum absolute atomic E-state index is 13.0. The summed E-state index contributed by atoms with van der Waals surface area (Å²) in [5.41, 5.74) is 6.82. The summed E-state index contributed by atoms with van der Waals surface area (Å²) < 4.78 is 26.1. The van der Waals surface area contributed by atoms with Gasteiger partial charge >= 0.3 is 0 Å². The molecule has 0 aliphatic heterocycles. The molecule has 3 N–H and O–H groups in total. The summed E-state index contributed by atoms with van der Waals surface area (Å²) in [5.74, 6) is -3.16. The topological polar surface area (TPSA) is 55.1 Å². The van der Waals surface area contributed by atoms with E-state index in [-0.39, 0.29) is 42.5 Å². The molecule has 1 amide bonds. The van der Waals surface area contributed by atoms with Gasteiger partial charge in [0.15, 0.2) is 0 Å². The van der Waals surface area contributed by atoms with E-state index >= 15 is 0 Å². The van der Waals surface area contributed by atoms with Crippen LogP contribution in [-0.2, 0) is 4.79 Å². The van der Waals surface area contributed by atoms with Crippen molar-refractivity contribution in [1.82, 2.24) is 0 Å². The molecule has 1 aliphatic carbocycles. The Labute approximate surface area is 121 Å². The fourth-order valence-electron chi connectivity index (χ4n) is 2.26. The lowest BCUT2D eigenvalue weighted by Gasteiger charge is -2.27. The van der Waals surface area contributed by atoms with Gasteiger partial charge in [-0.05, 0) is 37.1 Å².